The summed E-state index contributed by atoms with van der Waals surface area (Å²) in [4.78, 5) is 0. The van der Waals surface area contributed by atoms with Crippen molar-refractivity contribution in [2.45, 2.75) is 58.1 Å². The van der Waals surface area contributed by atoms with E-state index in [0.717, 1.165) is 11.7 Å². The number of rotatable bonds is 3. The van der Waals surface area contributed by atoms with Gasteiger partial charge in [0.05, 0.1) is 0 Å². The van der Waals surface area contributed by atoms with Gasteiger partial charge in [0, 0.05) is 0 Å². The lowest BCUT2D eigenvalue weighted by atomic mass is 9.59. The lowest BCUT2D eigenvalue weighted by Gasteiger charge is -2.27. The molecule has 0 atom stereocenters. The molecule has 1 aliphatic rings. The van der Waals surface area contributed by atoms with Crippen LogP contribution in [-0.2, 0) is 0 Å². The van der Waals surface area contributed by atoms with Crippen molar-refractivity contribution in [3.05, 3.63) is 0 Å². The van der Waals surface area contributed by atoms with Crippen molar-refractivity contribution in [2.24, 2.45) is 5.92 Å². The van der Waals surface area contributed by atoms with Crippen LogP contribution in [0, 0.1) is 5.92 Å². The summed E-state index contributed by atoms with van der Waals surface area (Å²) >= 11 is 0. The van der Waals surface area contributed by atoms with Crippen LogP contribution in [0.15, 0.2) is 0 Å². The molecule has 1 rings (SSSR count). The van der Waals surface area contributed by atoms with Crippen molar-refractivity contribution in [1.29, 1.82) is 0 Å². The van der Waals surface area contributed by atoms with E-state index in [2.05, 4.69) is 21.0 Å². The van der Waals surface area contributed by atoms with E-state index >= 15 is 0 Å². The van der Waals surface area contributed by atoms with E-state index < -0.39 is 0 Å². The van der Waals surface area contributed by atoms with Gasteiger partial charge in [0.25, 0.3) is 0 Å². The minimum Gasteiger partial charge on any atom is -0.0917 e. The molecule has 0 aromatic rings. The van der Waals surface area contributed by atoms with Crippen LogP contribution in [-0.4, -0.2) is 7.28 Å². The molecule has 0 N–H and O–H groups in total. The molecule has 11 heavy (non-hydrogen) atoms. The summed E-state index contributed by atoms with van der Waals surface area (Å²) in [6, 6.07) is 0. The molecule has 1 aliphatic carbocycles. The van der Waals surface area contributed by atoms with Gasteiger partial charge in [-0.05, 0) is 5.92 Å². The van der Waals surface area contributed by atoms with Gasteiger partial charge in [-0.1, -0.05) is 58.1 Å². The molecule has 1 saturated carbocycles. The minimum absolute atomic E-state index is 0.947. The van der Waals surface area contributed by atoms with Gasteiger partial charge in [-0.15, -0.1) is 0 Å². The first-order valence-corrected chi connectivity index (χ1v) is 5.16. The average molecular weight is 151 g/mol. The molecule has 1 fully saturated rings. The van der Waals surface area contributed by atoms with Gasteiger partial charge >= 0.3 is 0 Å². The maximum atomic E-state index is 2.39. The van der Waals surface area contributed by atoms with E-state index in [1.54, 1.807) is 0 Å². The molecule has 0 heterocycles. The quantitative estimate of drug-likeness (QED) is 0.541. The Balaban J connectivity index is 2.14. The first kappa shape index (κ1) is 9.16. The molecule has 0 aromatic carbocycles. The lowest BCUT2D eigenvalue weighted by Crippen LogP contribution is -2.13. The maximum absolute atomic E-state index is 2.39. The van der Waals surface area contributed by atoms with Crippen LogP contribution in [0.2, 0.25) is 12.6 Å². The molecule has 0 unspecified atom stereocenters. The van der Waals surface area contributed by atoms with E-state index in [0.29, 0.717) is 0 Å². The van der Waals surface area contributed by atoms with Crippen molar-refractivity contribution in [2.75, 3.05) is 0 Å². The van der Waals surface area contributed by atoms with Gasteiger partial charge in [-0.25, -0.2) is 0 Å². The van der Waals surface area contributed by atoms with Gasteiger partial charge in [0.15, 0.2) is 0 Å². The first-order valence-electron chi connectivity index (χ1n) is 5.16. The van der Waals surface area contributed by atoms with Crippen LogP contribution in [0.5, 0.6) is 0 Å². The fraction of sp³-hybridized carbons (Fsp3) is 1.00. The fourth-order valence-corrected chi connectivity index (χ4v) is 2.22. The number of hydrogen-bond donors (Lipinski definition) is 0. The van der Waals surface area contributed by atoms with Gasteiger partial charge in [-0.2, -0.15) is 0 Å². The zero-order valence-corrected chi connectivity index (χ0v) is 7.97. The summed E-state index contributed by atoms with van der Waals surface area (Å²) in [6.45, 7) is 4.52. The number of hydrogen-bond acceptors (Lipinski definition) is 0. The maximum Gasteiger partial charge on any atom is 0.110 e. The SMILES string of the molecule is C[B]C1CCC(CCC)CC1. The standard InChI is InChI=1S/C10H20B/c1-3-4-9-5-7-10(11-2)8-6-9/h9-10H,3-8H2,1-2H3. The molecule has 0 aliphatic heterocycles. The zero-order chi connectivity index (χ0) is 8.10. The van der Waals surface area contributed by atoms with Crippen molar-refractivity contribution >= 4 is 7.28 Å². The molecule has 1 radical (unpaired) electrons. The minimum atomic E-state index is 0.947. The Morgan fingerprint density at radius 3 is 2.27 bits per heavy atom. The van der Waals surface area contributed by atoms with E-state index in [1.807, 2.05) is 0 Å². The summed E-state index contributed by atoms with van der Waals surface area (Å²) in [6.07, 6.45) is 8.75. The van der Waals surface area contributed by atoms with Gasteiger partial charge in [0.1, 0.15) is 7.28 Å². The Morgan fingerprint density at radius 1 is 1.18 bits per heavy atom. The average Bonchev–Trinajstić information content (AvgIpc) is 2.07. The first-order chi connectivity index (χ1) is 5.36. The van der Waals surface area contributed by atoms with Crippen LogP contribution in [0.3, 0.4) is 0 Å². The molecule has 63 valence electrons. The van der Waals surface area contributed by atoms with E-state index in [4.69, 9.17) is 0 Å². The summed E-state index contributed by atoms with van der Waals surface area (Å²) in [5.41, 5.74) is 0. The monoisotopic (exact) mass is 151 g/mol. The third-order valence-electron chi connectivity index (χ3n) is 3.06. The summed E-state index contributed by atoms with van der Waals surface area (Å²) in [5, 5.41) is 0. The second-order valence-electron chi connectivity index (χ2n) is 3.90. The highest BCUT2D eigenvalue weighted by atomic mass is 14.2. The second kappa shape index (κ2) is 4.85. The zero-order valence-electron chi connectivity index (χ0n) is 7.97. The van der Waals surface area contributed by atoms with Crippen LogP contribution in [0.4, 0.5) is 0 Å². The van der Waals surface area contributed by atoms with Gasteiger partial charge in [0.2, 0.25) is 0 Å². The smallest absolute Gasteiger partial charge is 0.0917 e. The predicted octanol–water partition coefficient (Wildman–Crippen LogP) is 3.52. The van der Waals surface area contributed by atoms with E-state index in [9.17, 15) is 0 Å². The highest BCUT2D eigenvalue weighted by Gasteiger charge is 2.18. The highest BCUT2D eigenvalue weighted by molar-refractivity contribution is 6.35. The Labute approximate surface area is 72.0 Å². The molecule has 0 spiro atoms. The van der Waals surface area contributed by atoms with Gasteiger partial charge < -0.3 is 0 Å². The second-order valence-corrected chi connectivity index (χ2v) is 3.90. The molecule has 0 amide bonds. The molecule has 0 saturated heterocycles. The normalized spacial score (nSPS) is 31.8. The predicted molar refractivity (Wildman–Crippen MR) is 52.2 cm³/mol. The Kier molecular flexibility index (Phi) is 4.03. The Morgan fingerprint density at radius 2 is 1.82 bits per heavy atom. The highest BCUT2D eigenvalue weighted by Crippen LogP contribution is 2.34. The molecule has 0 nitrogen and oxygen atoms in total. The molecular weight excluding hydrogens is 131 g/mol. The van der Waals surface area contributed by atoms with Gasteiger partial charge in [-0.3, -0.25) is 0 Å². The molecule has 0 aromatic heterocycles. The van der Waals surface area contributed by atoms with E-state index in [1.165, 1.54) is 38.5 Å². The van der Waals surface area contributed by atoms with Crippen molar-refractivity contribution in [3.8, 4) is 0 Å². The Bertz CT molecular complexity index is 93.0. The molecule has 0 bridgehead atoms. The largest absolute Gasteiger partial charge is 0.110 e. The molecular formula is C10H20B. The summed E-state index contributed by atoms with van der Waals surface area (Å²) in [5.74, 6) is 2.01. The van der Waals surface area contributed by atoms with Crippen molar-refractivity contribution in [3.63, 3.8) is 0 Å². The fourth-order valence-electron chi connectivity index (χ4n) is 2.22. The summed E-state index contributed by atoms with van der Waals surface area (Å²) in [7, 11) is 2.39. The van der Waals surface area contributed by atoms with Crippen LogP contribution in [0.25, 0.3) is 0 Å². The van der Waals surface area contributed by atoms with Crippen molar-refractivity contribution < 1.29 is 0 Å². The van der Waals surface area contributed by atoms with Crippen molar-refractivity contribution in [1.82, 2.24) is 0 Å². The third kappa shape index (κ3) is 2.88. The third-order valence-corrected chi connectivity index (χ3v) is 3.06. The lowest BCUT2D eigenvalue weighted by molar-refractivity contribution is 0.336. The summed E-state index contributed by atoms with van der Waals surface area (Å²) < 4.78 is 0. The van der Waals surface area contributed by atoms with E-state index in [-0.39, 0.29) is 0 Å². The topological polar surface area (TPSA) is 0 Å². The molecule has 1 heteroatoms. The van der Waals surface area contributed by atoms with Crippen LogP contribution in [0.1, 0.15) is 45.4 Å². The van der Waals surface area contributed by atoms with Crippen LogP contribution >= 0.6 is 0 Å². The van der Waals surface area contributed by atoms with Crippen LogP contribution < -0.4 is 0 Å². The Hall–Kier alpha value is 0.0649.